The highest BCUT2D eigenvalue weighted by atomic mass is 28.3. The first-order chi connectivity index (χ1) is 28.3. The van der Waals surface area contributed by atoms with E-state index in [2.05, 4.69) is 267 Å². The average molecular weight is 745 g/mol. The maximum atomic E-state index is 2.48. The Labute approximate surface area is 338 Å². The summed E-state index contributed by atoms with van der Waals surface area (Å²) in [6.45, 7) is 0. The Balaban J connectivity index is 1.69. The van der Waals surface area contributed by atoms with Crippen LogP contribution in [0, 0.1) is 0 Å². The molecule has 0 nitrogen and oxygen atoms in total. The molecule has 0 aliphatic rings. The molecule has 272 valence electrons. The molecule has 0 fully saturated rings. The molecule has 8 rings (SSSR count). The van der Waals surface area contributed by atoms with Gasteiger partial charge in [-0.1, -0.05) is 267 Å². The van der Waals surface area contributed by atoms with Crippen LogP contribution in [0.2, 0.25) is 0 Å². The van der Waals surface area contributed by atoms with Crippen LogP contribution in [0.5, 0.6) is 0 Å². The number of hydrogen-bond donors (Lipinski definition) is 0. The van der Waals surface area contributed by atoms with Crippen molar-refractivity contribution in [1.82, 2.24) is 0 Å². The Kier molecular flexibility index (Phi) is 11.7. The Morgan fingerprint density at radius 2 is 0.368 bits per heavy atom. The van der Waals surface area contributed by atoms with Gasteiger partial charge in [0.05, 0.1) is 0 Å². The van der Waals surface area contributed by atoms with Crippen molar-refractivity contribution >= 4 is 53.2 Å². The highest BCUT2D eigenvalue weighted by molar-refractivity contribution is 7.33. The van der Waals surface area contributed by atoms with Gasteiger partial charge >= 0.3 is 0 Å². The molecule has 8 aromatic rings. The van der Waals surface area contributed by atoms with Gasteiger partial charge in [-0.3, -0.25) is 0 Å². The molecule has 0 N–H and O–H groups in total. The lowest BCUT2D eigenvalue weighted by atomic mass is 10.1. The maximum absolute atomic E-state index is 3.56. The lowest BCUT2D eigenvalue weighted by Gasteiger charge is -2.42. The minimum absolute atomic E-state index is 1.15. The van der Waals surface area contributed by atoms with Crippen LogP contribution in [0.4, 0.5) is 0 Å². The van der Waals surface area contributed by atoms with E-state index >= 15 is 0 Å². The SMILES string of the molecule is C(=C(c1ccccc1)[Si](C(=Cc1ccccc1)c1ccccc1)(C(=Cc1ccccc1)c1ccccc1)C(=Cc1ccccc1)c1ccccc1)c1ccccc1. The highest BCUT2D eigenvalue weighted by Gasteiger charge is 2.50. The van der Waals surface area contributed by atoms with Crippen molar-refractivity contribution in [2.24, 2.45) is 0 Å². The summed E-state index contributed by atoms with van der Waals surface area (Å²) in [5, 5.41) is 5.16. The molecule has 0 heterocycles. The van der Waals surface area contributed by atoms with Crippen molar-refractivity contribution < 1.29 is 0 Å². The molecule has 0 saturated carbocycles. The highest BCUT2D eigenvalue weighted by Crippen LogP contribution is 2.54. The lowest BCUT2D eigenvalue weighted by Crippen LogP contribution is -2.43. The van der Waals surface area contributed by atoms with Crippen LogP contribution in [-0.4, -0.2) is 8.07 Å². The van der Waals surface area contributed by atoms with Crippen LogP contribution in [0.15, 0.2) is 243 Å². The normalized spacial score (nSPS) is 13.5. The van der Waals surface area contributed by atoms with Crippen molar-refractivity contribution in [3.8, 4) is 0 Å². The quantitative estimate of drug-likeness (QED) is 0.0863. The molecule has 1 heteroatoms. The predicted octanol–water partition coefficient (Wildman–Crippen LogP) is 14.6. The largest absolute Gasteiger partial charge is 0.182 e. The number of hydrogen-bond acceptors (Lipinski definition) is 0. The van der Waals surface area contributed by atoms with Crippen LogP contribution >= 0.6 is 0 Å². The van der Waals surface area contributed by atoms with Crippen molar-refractivity contribution in [3.63, 3.8) is 0 Å². The van der Waals surface area contributed by atoms with E-state index in [1.165, 1.54) is 43.0 Å². The summed E-state index contributed by atoms with van der Waals surface area (Å²) in [5.74, 6) is 0. The Hall–Kier alpha value is -7.06. The topological polar surface area (TPSA) is 0 Å². The molecule has 0 spiro atoms. The van der Waals surface area contributed by atoms with Gasteiger partial charge in [0.2, 0.25) is 0 Å². The smallest absolute Gasteiger partial charge is 0.0622 e. The average Bonchev–Trinajstić information content (AvgIpc) is 3.30. The standard InChI is InChI=1S/C56H44Si/c1-9-25-45(26-10-1)41-53(49-33-17-5-18-34-49)57(54(50-35-19-6-20-36-50)42-46-27-11-2-12-28-46,55(51-37-21-7-22-38-51)43-47-29-13-3-14-30-47)56(52-39-23-8-24-40-52)44-48-31-15-4-16-32-48/h1-44H. The fraction of sp³-hybridized carbons (Fsp3) is 0. The van der Waals surface area contributed by atoms with Gasteiger partial charge in [0.15, 0.2) is 8.07 Å². The molecule has 0 unspecified atom stereocenters. The zero-order valence-corrected chi connectivity index (χ0v) is 32.9. The lowest BCUT2D eigenvalue weighted by molar-refractivity contribution is 1.59. The van der Waals surface area contributed by atoms with E-state index in [0.29, 0.717) is 0 Å². The van der Waals surface area contributed by atoms with Gasteiger partial charge in [-0.15, -0.1) is 0 Å². The predicted molar refractivity (Wildman–Crippen MR) is 249 cm³/mol. The summed E-state index contributed by atoms with van der Waals surface area (Å²) in [5.41, 5.74) is 9.36. The molecule has 0 aromatic heterocycles. The third-order valence-electron chi connectivity index (χ3n) is 10.4. The van der Waals surface area contributed by atoms with E-state index in [9.17, 15) is 0 Å². The summed E-state index contributed by atoms with van der Waals surface area (Å²) < 4.78 is 0. The third-order valence-corrected chi connectivity index (χ3v) is 15.4. The first kappa shape index (κ1) is 36.9. The van der Waals surface area contributed by atoms with E-state index in [0.717, 1.165) is 22.3 Å². The number of rotatable bonds is 12. The van der Waals surface area contributed by atoms with E-state index in [4.69, 9.17) is 0 Å². The molecule has 0 aliphatic carbocycles. The van der Waals surface area contributed by atoms with E-state index in [1.54, 1.807) is 0 Å². The Morgan fingerprint density at radius 3 is 0.544 bits per heavy atom. The first-order valence-corrected chi connectivity index (χ1v) is 21.6. The van der Waals surface area contributed by atoms with Gasteiger partial charge in [0.25, 0.3) is 0 Å². The molecule has 0 radical (unpaired) electrons. The summed E-state index contributed by atoms with van der Waals surface area (Å²) in [7, 11) is -3.56. The number of benzene rings is 8. The molecule has 0 amide bonds. The first-order valence-electron chi connectivity index (χ1n) is 19.6. The van der Waals surface area contributed by atoms with Gasteiger partial charge in [-0.05, 0) is 65.3 Å². The molecular weight excluding hydrogens is 701 g/mol. The third kappa shape index (κ3) is 8.45. The zero-order chi connectivity index (χ0) is 38.5. The Bertz CT molecular complexity index is 2220. The van der Waals surface area contributed by atoms with Gasteiger partial charge < -0.3 is 0 Å². The van der Waals surface area contributed by atoms with Gasteiger partial charge in [-0.2, -0.15) is 0 Å². The fourth-order valence-electron chi connectivity index (χ4n) is 7.84. The van der Waals surface area contributed by atoms with Gasteiger partial charge in [0, 0.05) is 0 Å². The molecule has 0 bridgehead atoms. The van der Waals surface area contributed by atoms with Crippen LogP contribution in [-0.2, 0) is 0 Å². The van der Waals surface area contributed by atoms with Crippen LogP contribution in [0.1, 0.15) is 44.5 Å². The summed E-state index contributed by atoms with van der Waals surface area (Å²) in [4.78, 5) is 0. The molecule has 0 saturated heterocycles. The van der Waals surface area contributed by atoms with E-state index in [1.807, 2.05) is 0 Å². The zero-order valence-electron chi connectivity index (χ0n) is 31.9. The van der Waals surface area contributed by atoms with Crippen LogP contribution < -0.4 is 0 Å². The van der Waals surface area contributed by atoms with E-state index in [-0.39, 0.29) is 0 Å². The van der Waals surface area contributed by atoms with Gasteiger partial charge in [-0.25, -0.2) is 0 Å². The monoisotopic (exact) mass is 744 g/mol. The van der Waals surface area contributed by atoms with Crippen LogP contribution in [0.25, 0.3) is 45.1 Å². The minimum Gasteiger partial charge on any atom is -0.0622 e. The molecule has 57 heavy (non-hydrogen) atoms. The molecule has 0 atom stereocenters. The van der Waals surface area contributed by atoms with Crippen molar-refractivity contribution in [2.45, 2.75) is 0 Å². The molecule has 0 aliphatic heterocycles. The second-order valence-electron chi connectivity index (χ2n) is 14.1. The van der Waals surface area contributed by atoms with Crippen molar-refractivity contribution in [2.75, 3.05) is 0 Å². The maximum Gasteiger partial charge on any atom is 0.182 e. The second kappa shape index (κ2) is 18.0. The summed E-state index contributed by atoms with van der Waals surface area (Å²) >= 11 is 0. The minimum atomic E-state index is -3.56. The molecule has 8 aromatic carbocycles. The summed E-state index contributed by atoms with van der Waals surface area (Å²) in [6, 6.07) is 87.8. The van der Waals surface area contributed by atoms with E-state index < -0.39 is 8.07 Å². The second-order valence-corrected chi connectivity index (χ2v) is 17.7. The molecular formula is C56H44Si. The van der Waals surface area contributed by atoms with Crippen LogP contribution in [0.3, 0.4) is 0 Å². The Morgan fingerprint density at radius 1 is 0.211 bits per heavy atom. The van der Waals surface area contributed by atoms with Crippen molar-refractivity contribution in [3.05, 3.63) is 287 Å². The fourth-order valence-corrected chi connectivity index (χ4v) is 13.5. The summed E-state index contributed by atoms with van der Waals surface area (Å²) in [6.07, 6.45) is 9.92. The van der Waals surface area contributed by atoms with Gasteiger partial charge in [0.1, 0.15) is 0 Å². The van der Waals surface area contributed by atoms with Crippen molar-refractivity contribution in [1.29, 1.82) is 0 Å².